The van der Waals surface area contributed by atoms with E-state index in [4.69, 9.17) is 0 Å². The molecule has 1 unspecified atom stereocenters. The maximum atomic E-state index is 4.07. The summed E-state index contributed by atoms with van der Waals surface area (Å²) in [7, 11) is 0. The van der Waals surface area contributed by atoms with Crippen LogP contribution in [0.3, 0.4) is 0 Å². The molecule has 0 saturated carbocycles. The summed E-state index contributed by atoms with van der Waals surface area (Å²) in [5, 5.41) is 2.03. The van der Waals surface area contributed by atoms with E-state index in [9.17, 15) is 0 Å². The summed E-state index contributed by atoms with van der Waals surface area (Å²) >= 11 is 0. The second-order valence-electron chi connectivity index (χ2n) is 3.21. The van der Waals surface area contributed by atoms with Crippen molar-refractivity contribution in [2.45, 2.75) is 13.3 Å². The minimum absolute atomic E-state index is 0.678. The summed E-state index contributed by atoms with van der Waals surface area (Å²) in [5.74, 6) is 0.678. The molecule has 0 radical (unpaired) electrons. The number of aliphatic imine (C=N–C) groups is 1. The summed E-state index contributed by atoms with van der Waals surface area (Å²) in [6.07, 6.45) is 9.48. The highest BCUT2D eigenvalue weighted by atomic mass is 15.6. The molecule has 1 atom stereocenters. The lowest BCUT2D eigenvalue weighted by molar-refractivity contribution is 0.350. The van der Waals surface area contributed by atoms with Crippen LogP contribution in [-0.4, -0.2) is 18.0 Å². The monoisotopic (exact) mass is 163 g/mol. The Morgan fingerprint density at radius 1 is 1.67 bits per heavy atom. The number of nitrogens with one attached hydrogen (secondary N) is 1. The van der Waals surface area contributed by atoms with Gasteiger partial charge >= 0.3 is 0 Å². The molecule has 0 saturated heterocycles. The highest BCUT2D eigenvalue weighted by molar-refractivity contribution is 5.56. The van der Waals surface area contributed by atoms with Gasteiger partial charge in [0.1, 0.15) is 13.0 Å². The molecule has 3 heteroatoms. The van der Waals surface area contributed by atoms with Crippen LogP contribution in [0.4, 0.5) is 0 Å². The van der Waals surface area contributed by atoms with Crippen LogP contribution in [0.15, 0.2) is 28.9 Å². The van der Waals surface area contributed by atoms with Crippen molar-refractivity contribution in [2.75, 3.05) is 6.67 Å². The first kappa shape index (κ1) is 7.40. The van der Waals surface area contributed by atoms with Gasteiger partial charge in [-0.1, -0.05) is 19.1 Å². The molecule has 1 aliphatic heterocycles. The lowest BCUT2D eigenvalue weighted by Gasteiger charge is -2.21. The highest BCUT2D eigenvalue weighted by Crippen LogP contribution is 2.17. The predicted octanol–water partition coefficient (Wildman–Crippen LogP) is 1.27. The van der Waals surface area contributed by atoms with Crippen LogP contribution >= 0.6 is 0 Å². The molecule has 0 fully saturated rings. The van der Waals surface area contributed by atoms with E-state index in [0.29, 0.717) is 5.92 Å². The highest BCUT2D eigenvalue weighted by Gasteiger charge is 2.11. The molecule has 2 aliphatic rings. The molecule has 0 aromatic rings. The van der Waals surface area contributed by atoms with E-state index < -0.39 is 0 Å². The Labute approximate surface area is 72.4 Å². The summed E-state index contributed by atoms with van der Waals surface area (Å²) in [6.45, 7) is 2.95. The molecule has 64 valence electrons. The van der Waals surface area contributed by atoms with E-state index in [1.807, 2.05) is 5.01 Å². The van der Waals surface area contributed by atoms with Crippen LogP contribution in [-0.2, 0) is 0 Å². The van der Waals surface area contributed by atoms with Crippen LogP contribution in [0.25, 0.3) is 0 Å². The van der Waals surface area contributed by atoms with Crippen LogP contribution in [0.1, 0.15) is 13.3 Å². The lowest BCUT2D eigenvalue weighted by Crippen LogP contribution is -2.30. The Hall–Kier alpha value is -1.25. The van der Waals surface area contributed by atoms with Gasteiger partial charge in [0.05, 0.1) is 5.70 Å². The van der Waals surface area contributed by atoms with Gasteiger partial charge in [0.25, 0.3) is 0 Å². The zero-order valence-corrected chi connectivity index (χ0v) is 7.20. The standard InChI is InChI=1S/C9H13N3/c1-8-2-4-9(5-3-8)12-7-10-6-11-12/h2,4-6,8H,3,7H2,1H3,(H,10,11). The van der Waals surface area contributed by atoms with Crippen molar-refractivity contribution in [3.05, 3.63) is 23.9 Å². The van der Waals surface area contributed by atoms with Gasteiger partial charge in [0.15, 0.2) is 0 Å². The molecular formula is C9H13N3. The van der Waals surface area contributed by atoms with E-state index in [0.717, 1.165) is 13.1 Å². The molecule has 0 aromatic carbocycles. The van der Waals surface area contributed by atoms with Crippen molar-refractivity contribution in [1.82, 2.24) is 10.4 Å². The molecule has 12 heavy (non-hydrogen) atoms. The average Bonchev–Trinajstić information content (AvgIpc) is 2.58. The zero-order chi connectivity index (χ0) is 8.39. The third kappa shape index (κ3) is 1.35. The number of hydrazine groups is 1. The van der Waals surface area contributed by atoms with Crippen LogP contribution in [0.5, 0.6) is 0 Å². The zero-order valence-electron chi connectivity index (χ0n) is 7.20. The Morgan fingerprint density at radius 2 is 2.58 bits per heavy atom. The molecular weight excluding hydrogens is 150 g/mol. The number of allylic oxidation sites excluding steroid dienone is 3. The SMILES string of the molecule is CC1C=CC(N2CN=CN2)=CC1. The topological polar surface area (TPSA) is 27.6 Å². The molecule has 0 aromatic heterocycles. The Kier molecular flexibility index (Phi) is 1.86. The summed E-state index contributed by atoms with van der Waals surface area (Å²) < 4.78 is 0. The maximum absolute atomic E-state index is 4.07. The fraction of sp³-hybridized carbons (Fsp3) is 0.444. The number of hydrogen-bond donors (Lipinski definition) is 1. The fourth-order valence-corrected chi connectivity index (χ4v) is 1.35. The number of nitrogens with zero attached hydrogens (tertiary/aromatic N) is 2. The molecule has 1 aliphatic carbocycles. The van der Waals surface area contributed by atoms with Crippen molar-refractivity contribution in [3.8, 4) is 0 Å². The lowest BCUT2D eigenvalue weighted by atomic mass is 10.0. The smallest absolute Gasteiger partial charge is 0.131 e. The van der Waals surface area contributed by atoms with E-state index in [-0.39, 0.29) is 0 Å². The molecule has 0 spiro atoms. The molecule has 0 bridgehead atoms. The summed E-state index contributed by atoms with van der Waals surface area (Å²) in [6, 6.07) is 0. The third-order valence-corrected chi connectivity index (χ3v) is 2.13. The van der Waals surface area contributed by atoms with Crippen LogP contribution < -0.4 is 5.43 Å². The van der Waals surface area contributed by atoms with E-state index in [2.05, 4.69) is 35.6 Å². The Balaban J connectivity index is 2.01. The molecule has 1 heterocycles. The summed E-state index contributed by atoms with van der Waals surface area (Å²) in [5.41, 5.74) is 4.29. The largest absolute Gasteiger partial charge is 0.286 e. The van der Waals surface area contributed by atoms with E-state index >= 15 is 0 Å². The van der Waals surface area contributed by atoms with Gasteiger partial charge in [-0.3, -0.25) is 15.4 Å². The normalized spacial score (nSPS) is 27.2. The first-order valence-corrected chi connectivity index (χ1v) is 4.26. The van der Waals surface area contributed by atoms with Gasteiger partial charge in [-0.25, -0.2) is 0 Å². The minimum Gasteiger partial charge on any atom is -0.286 e. The van der Waals surface area contributed by atoms with Gasteiger partial charge in [-0.2, -0.15) is 0 Å². The van der Waals surface area contributed by atoms with Crippen molar-refractivity contribution in [3.63, 3.8) is 0 Å². The minimum atomic E-state index is 0.678. The first-order chi connectivity index (χ1) is 5.86. The molecule has 1 N–H and O–H groups in total. The third-order valence-electron chi connectivity index (χ3n) is 2.13. The van der Waals surface area contributed by atoms with Crippen molar-refractivity contribution < 1.29 is 0 Å². The van der Waals surface area contributed by atoms with Crippen molar-refractivity contribution in [1.29, 1.82) is 0 Å². The predicted molar refractivity (Wildman–Crippen MR) is 49.3 cm³/mol. The number of hydrogen-bond acceptors (Lipinski definition) is 3. The Bertz CT molecular complexity index is 244. The second-order valence-corrected chi connectivity index (χ2v) is 3.21. The first-order valence-electron chi connectivity index (χ1n) is 4.26. The molecule has 2 rings (SSSR count). The quantitative estimate of drug-likeness (QED) is 0.630. The average molecular weight is 163 g/mol. The van der Waals surface area contributed by atoms with Crippen LogP contribution in [0.2, 0.25) is 0 Å². The number of rotatable bonds is 1. The van der Waals surface area contributed by atoms with E-state index in [1.165, 1.54) is 5.70 Å². The van der Waals surface area contributed by atoms with E-state index in [1.54, 1.807) is 6.34 Å². The van der Waals surface area contributed by atoms with Crippen molar-refractivity contribution >= 4 is 6.34 Å². The Morgan fingerprint density at radius 3 is 3.17 bits per heavy atom. The second kappa shape index (κ2) is 3.01. The van der Waals surface area contributed by atoms with Crippen molar-refractivity contribution in [2.24, 2.45) is 10.9 Å². The van der Waals surface area contributed by atoms with Gasteiger partial charge in [-0.15, -0.1) is 0 Å². The molecule has 0 amide bonds. The fourth-order valence-electron chi connectivity index (χ4n) is 1.35. The van der Waals surface area contributed by atoms with Gasteiger partial charge in [0, 0.05) is 0 Å². The van der Waals surface area contributed by atoms with Gasteiger partial charge < -0.3 is 0 Å². The van der Waals surface area contributed by atoms with Crippen LogP contribution in [0, 0.1) is 5.92 Å². The van der Waals surface area contributed by atoms with Gasteiger partial charge in [-0.05, 0) is 18.4 Å². The van der Waals surface area contributed by atoms with Gasteiger partial charge in [0.2, 0.25) is 0 Å². The summed E-state index contributed by atoms with van der Waals surface area (Å²) in [4.78, 5) is 4.07. The molecule has 3 nitrogen and oxygen atoms in total. The maximum Gasteiger partial charge on any atom is 0.131 e.